The van der Waals surface area contributed by atoms with Crippen molar-refractivity contribution in [3.63, 3.8) is 0 Å². The Kier molecular flexibility index (Phi) is 10.6. The molecule has 0 saturated heterocycles. The summed E-state index contributed by atoms with van der Waals surface area (Å²) >= 11 is 0. The molecule has 1 aromatic rings. The number of aryl methyl sites for hydroxylation is 1. The zero-order chi connectivity index (χ0) is 20.9. The second kappa shape index (κ2) is 11.4. The van der Waals surface area contributed by atoms with E-state index in [0.29, 0.717) is 26.1 Å². The molecular formula is C20H24F7OY-. The van der Waals surface area contributed by atoms with Crippen LogP contribution >= 0.6 is 0 Å². The number of ether oxygens (including phenoxy) is 1. The van der Waals surface area contributed by atoms with Crippen LogP contribution in [0.2, 0.25) is 0 Å². The van der Waals surface area contributed by atoms with Crippen LogP contribution in [-0.4, -0.2) is 19.4 Å². The van der Waals surface area contributed by atoms with E-state index in [9.17, 15) is 30.7 Å². The molecule has 1 aliphatic carbocycles. The van der Waals surface area contributed by atoms with Gasteiger partial charge in [-0.15, -0.1) is 0 Å². The Bertz CT molecular complexity index is 598. The summed E-state index contributed by atoms with van der Waals surface area (Å²) in [6, 6.07) is 1.55. The van der Waals surface area contributed by atoms with Crippen LogP contribution in [-0.2, 0) is 56.2 Å². The third-order valence-electron chi connectivity index (χ3n) is 5.17. The molecule has 1 radical (unpaired) electrons. The fraction of sp³-hybridized carbons (Fsp3) is 0.650. The van der Waals surface area contributed by atoms with Gasteiger partial charge in [0.1, 0.15) is 6.17 Å². The van der Waals surface area contributed by atoms with Gasteiger partial charge in [0.25, 0.3) is 0 Å². The summed E-state index contributed by atoms with van der Waals surface area (Å²) in [6.07, 6.45) is -8.30. The van der Waals surface area contributed by atoms with Crippen molar-refractivity contribution >= 4 is 0 Å². The molecule has 0 aromatic heterocycles. The van der Waals surface area contributed by atoms with Crippen molar-refractivity contribution in [3.8, 4) is 0 Å². The molecule has 1 nitrogen and oxygen atoms in total. The van der Waals surface area contributed by atoms with Crippen LogP contribution in [0.4, 0.5) is 30.7 Å². The van der Waals surface area contributed by atoms with Gasteiger partial charge in [-0.3, -0.25) is 0 Å². The van der Waals surface area contributed by atoms with Gasteiger partial charge in [0.2, 0.25) is 0 Å². The van der Waals surface area contributed by atoms with Crippen LogP contribution in [0.3, 0.4) is 0 Å². The maximum Gasteiger partial charge on any atom is 0.416 e. The van der Waals surface area contributed by atoms with E-state index in [2.05, 4.69) is 6.92 Å². The number of hydrogen-bond acceptors (Lipinski definition) is 1. The Morgan fingerprint density at radius 3 is 2.07 bits per heavy atom. The van der Waals surface area contributed by atoms with Crippen molar-refractivity contribution in [1.29, 1.82) is 0 Å². The van der Waals surface area contributed by atoms with Crippen LogP contribution in [0.1, 0.15) is 48.8 Å². The van der Waals surface area contributed by atoms with Gasteiger partial charge in [0, 0.05) is 45.9 Å². The smallest absolute Gasteiger partial charge is 0.381 e. The molecule has 1 fully saturated rings. The van der Waals surface area contributed by atoms with Gasteiger partial charge >= 0.3 is 12.4 Å². The number of rotatable bonds is 8. The van der Waals surface area contributed by atoms with E-state index in [1.807, 2.05) is 0 Å². The molecule has 1 aliphatic rings. The van der Waals surface area contributed by atoms with E-state index >= 15 is 0 Å². The molecule has 2 rings (SSSR count). The third kappa shape index (κ3) is 8.10. The fourth-order valence-corrected chi connectivity index (χ4v) is 3.66. The molecule has 1 aromatic carbocycles. The first-order chi connectivity index (χ1) is 13.0. The molecule has 0 N–H and O–H groups in total. The number of benzene rings is 1. The average molecular weight is 502 g/mol. The average Bonchev–Trinajstić information content (AvgIpc) is 2.95. The Morgan fingerprint density at radius 2 is 1.55 bits per heavy atom. The predicted octanol–water partition coefficient (Wildman–Crippen LogP) is 6.65. The molecule has 0 spiro atoms. The Labute approximate surface area is 191 Å². The largest absolute Gasteiger partial charge is 0.416 e. The number of alkyl halides is 7. The van der Waals surface area contributed by atoms with E-state index < -0.39 is 35.6 Å². The Hall–Kier alpha value is -0.206. The van der Waals surface area contributed by atoms with Crippen LogP contribution in [0.5, 0.6) is 0 Å². The van der Waals surface area contributed by atoms with Crippen LogP contribution < -0.4 is 0 Å². The summed E-state index contributed by atoms with van der Waals surface area (Å²) in [4.78, 5) is 0. The first-order valence-electron chi connectivity index (χ1n) is 9.31. The van der Waals surface area contributed by atoms with Gasteiger partial charge in [-0.25, -0.2) is 4.39 Å². The summed E-state index contributed by atoms with van der Waals surface area (Å²) in [6.45, 7) is 4.55. The first kappa shape index (κ1) is 26.8. The number of halogens is 7. The Balaban J connectivity index is 0.00000420. The SMILES string of the molecule is [CH2-]CCCOC[C@H]1CCC(F)[C@@H]1CCc1cc(C(F)(F)F)cc(C(F)(F)F)c1.[Y]. The van der Waals surface area contributed by atoms with Crippen molar-refractivity contribution in [2.24, 2.45) is 11.8 Å². The zero-order valence-electron chi connectivity index (χ0n) is 16.0. The minimum Gasteiger partial charge on any atom is -0.381 e. The fourth-order valence-electron chi connectivity index (χ4n) is 3.66. The summed E-state index contributed by atoms with van der Waals surface area (Å²) in [5.74, 6) is -0.503. The Morgan fingerprint density at radius 1 is 0.966 bits per heavy atom. The second-order valence-corrected chi connectivity index (χ2v) is 7.25. The summed E-state index contributed by atoms with van der Waals surface area (Å²) in [5, 5.41) is 0. The molecule has 0 aliphatic heterocycles. The standard InChI is InChI=1S/C20H24F7O.Y/c1-2-3-8-28-12-14-5-7-18(21)17(14)6-4-13-9-15(19(22,23)24)11-16(10-13)20(25,26)27;/h9-11,14,17-18H,1-8,12H2;/q-1;/t14-,17-,18?;/m1./s1. The summed E-state index contributed by atoms with van der Waals surface area (Å²) < 4.78 is 97.5. The first-order valence-corrected chi connectivity index (χ1v) is 9.31. The minimum absolute atomic E-state index is 0. The van der Waals surface area contributed by atoms with Crippen molar-refractivity contribution in [2.45, 2.75) is 57.0 Å². The normalized spacial score (nSPS) is 22.6. The van der Waals surface area contributed by atoms with Gasteiger partial charge in [-0.2, -0.15) is 32.8 Å². The van der Waals surface area contributed by atoms with Crippen molar-refractivity contribution in [3.05, 3.63) is 41.8 Å². The molecule has 29 heavy (non-hydrogen) atoms. The molecule has 3 atom stereocenters. The molecule has 0 bridgehead atoms. The second-order valence-electron chi connectivity index (χ2n) is 7.25. The van der Waals surface area contributed by atoms with Crippen LogP contribution in [0, 0.1) is 18.8 Å². The van der Waals surface area contributed by atoms with E-state index in [1.165, 1.54) is 0 Å². The summed E-state index contributed by atoms with van der Waals surface area (Å²) in [5.41, 5.74) is -2.76. The maximum atomic E-state index is 14.2. The van der Waals surface area contributed by atoms with Crippen molar-refractivity contribution < 1.29 is 68.2 Å². The van der Waals surface area contributed by atoms with E-state index in [4.69, 9.17) is 4.74 Å². The molecule has 163 valence electrons. The topological polar surface area (TPSA) is 9.23 Å². The minimum atomic E-state index is -4.88. The number of hydrogen-bond donors (Lipinski definition) is 0. The monoisotopic (exact) mass is 502 g/mol. The van der Waals surface area contributed by atoms with Crippen LogP contribution in [0.25, 0.3) is 0 Å². The van der Waals surface area contributed by atoms with Gasteiger partial charge in [-0.05, 0) is 61.3 Å². The van der Waals surface area contributed by atoms with Gasteiger partial charge in [0.05, 0.1) is 11.1 Å². The molecule has 1 unspecified atom stereocenters. The van der Waals surface area contributed by atoms with Crippen molar-refractivity contribution in [2.75, 3.05) is 13.2 Å². The van der Waals surface area contributed by atoms with E-state index in [-0.39, 0.29) is 63.1 Å². The van der Waals surface area contributed by atoms with Crippen LogP contribution in [0.15, 0.2) is 18.2 Å². The summed E-state index contributed by atoms with van der Waals surface area (Å²) in [7, 11) is 0. The van der Waals surface area contributed by atoms with Gasteiger partial charge < -0.3 is 11.7 Å². The van der Waals surface area contributed by atoms with E-state index in [0.717, 1.165) is 25.0 Å². The maximum absolute atomic E-state index is 14.2. The van der Waals surface area contributed by atoms with E-state index in [1.54, 1.807) is 0 Å². The number of unbranched alkanes of at least 4 members (excludes halogenated alkanes) is 1. The van der Waals surface area contributed by atoms with Gasteiger partial charge in [-0.1, -0.05) is 6.42 Å². The van der Waals surface area contributed by atoms with Crippen molar-refractivity contribution in [1.82, 2.24) is 0 Å². The molecule has 0 heterocycles. The quantitative estimate of drug-likeness (QED) is 0.220. The molecular weight excluding hydrogens is 478 g/mol. The molecule has 9 heteroatoms. The predicted molar refractivity (Wildman–Crippen MR) is 91.3 cm³/mol. The molecule has 0 amide bonds. The van der Waals surface area contributed by atoms with Gasteiger partial charge in [0.15, 0.2) is 0 Å². The zero-order valence-corrected chi connectivity index (χ0v) is 18.8. The third-order valence-corrected chi connectivity index (χ3v) is 5.17. The molecule has 1 saturated carbocycles.